The van der Waals surface area contributed by atoms with Crippen LogP contribution in [0, 0.1) is 0 Å². The average Bonchev–Trinajstić information content (AvgIpc) is 2.90. The molecular weight excluding hydrogens is 318 g/mol. The molecule has 5 heteroatoms. The van der Waals surface area contributed by atoms with E-state index in [1.54, 1.807) is 4.90 Å². The van der Waals surface area contributed by atoms with Gasteiger partial charge in [0.05, 0.1) is 24.8 Å². The Bertz CT molecular complexity index is 730. The summed E-state index contributed by atoms with van der Waals surface area (Å²) in [6.45, 7) is 5.49. The van der Waals surface area contributed by atoms with E-state index in [2.05, 4.69) is 0 Å². The quantitative estimate of drug-likeness (QED) is 0.611. The van der Waals surface area contributed by atoms with Gasteiger partial charge in [-0.05, 0) is 26.3 Å². The van der Waals surface area contributed by atoms with E-state index >= 15 is 0 Å². The Balaban J connectivity index is 2.01. The van der Waals surface area contributed by atoms with E-state index in [0.717, 1.165) is 5.56 Å². The van der Waals surface area contributed by atoms with E-state index in [0.29, 0.717) is 5.57 Å². The number of methoxy groups -OCH3 is 1. The zero-order valence-corrected chi connectivity index (χ0v) is 14.9. The number of rotatable bonds is 2. The zero-order chi connectivity index (χ0) is 18.2. The molecule has 25 heavy (non-hydrogen) atoms. The molecule has 2 heterocycles. The van der Waals surface area contributed by atoms with Gasteiger partial charge in [0.2, 0.25) is 0 Å². The molecule has 3 rings (SSSR count). The standard InChI is InChI=1S/C20H23NO4/c1-20(2,3)25-19(23)21-16-10-11-17(21)15(18(22)24-4)12-14(16)13-8-6-5-7-9-13/h5-12,14,16-17H,1-4H3. The Morgan fingerprint density at radius 2 is 1.76 bits per heavy atom. The molecule has 132 valence electrons. The molecule has 2 aliphatic heterocycles. The van der Waals surface area contributed by atoms with E-state index in [1.807, 2.05) is 69.3 Å². The van der Waals surface area contributed by atoms with Gasteiger partial charge < -0.3 is 9.47 Å². The zero-order valence-electron chi connectivity index (χ0n) is 14.9. The van der Waals surface area contributed by atoms with Gasteiger partial charge in [-0.2, -0.15) is 0 Å². The number of esters is 1. The number of ether oxygens (including phenoxy) is 2. The minimum Gasteiger partial charge on any atom is -0.466 e. The third-order valence-electron chi connectivity index (χ3n) is 4.37. The van der Waals surface area contributed by atoms with E-state index in [-0.39, 0.29) is 12.0 Å². The van der Waals surface area contributed by atoms with Crippen LogP contribution in [0.15, 0.2) is 54.1 Å². The minimum absolute atomic E-state index is 0.127. The highest BCUT2D eigenvalue weighted by molar-refractivity contribution is 5.92. The van der Waals surface area contributed by atoms with E-state index in [4.69, 9.17) is 9.47 Å². The van der Waals surface area contributed by atoms with Crippen molar-refractivity contribution in [1.82, 2.24) is 4.90 Å². The summed E-state index contributed by atoms with van der Waals surface area (Å²) in [5.41, 5.74) is 0.894. The van der Waals surface area contributed by atoms with Gasteiger partial charge in [0.1, 0.15) is 5.60 Å². The summed E-state index contributed by atoms with van der Waals surface area (Å²) in [7, 11) is 1.35. The fourth-order valence-corrected chi connectivity index (χ4v) is 3.35. The molecule has 0 saturated heterocycles. The Kier molecular flexibility index (Phi) is 4.41. The maximum Gasteiger partial charge on any atom is 0.411 e. The second-order valence-electron chi connectivity index (χ2n) is 7.26. The minimum atomic E-state index is -0.606. The van der Waals surface area contributed by atoms with E-state index < -0.39 is 23.7 Å². The third-order valence-corrected chi connectivity index (χ3v) is 4.37. The molecule has 1 aromatic rings. The predicted molar refractivity (Wildman–Crippen MR) is 94.1 cm³/mol. The van der Waals surface area contributed by atoms with Crippen molar-refractivity contribution in [3.05, 3.63) is 59.7 Å². The topological polar surface area (TPSA) is 55.8 Å². The van der Waals surface area contributed by atoms with Crippen LogP contribution in [0.4, 0.5) is 4.79 Å². The van der Waals surface area contributed by atoms with Crippen molar-refractivity contribution < 1.29 is 19.1 Å². The van der Waals surface area contributed by atoms with Crippen molar-refractivity contribution in [2.75, 3.05) is 7.11 Å². The van der Waals surface area contributed by atoms with Crippen LogP contribution < -0.4 is 0 Å². The van der Waals surface area contributed by atoms with Gasteiger partial charge in [-0.15, -0.1) is 0 Å². The number of fused-ring (bicyclic) bond motifs is 2. The SMILES string of the molecule is COC(=O)C1=CC(c2ccccc2)C2C=CC1N2C(=O)OC(C)(C)C. The molecule has 0 saturated carbocycles. The van der Waals surface area contributed by atoms with Crippen molar-refractivity contribution in [2.45, 2.75) is 44.4 Å². The van der Waals surface area contributed by atoms with Crippen LogP contribution in [0.3, 0.4) is 0 Å². The van der Waals surface area contributed by atoms with Crippen LogP contribution in [-0.2, 0) is 14.3 Å². The normalized spacial score (nSPS) is 24.7. The molecule has 0 N–H and O–H groups in total. The molecule has 0 radical (unpaired) electrons. The number of hydrogen-bond acceptors (Lipinski definition) is 4. The summed E-state index contributed by atoms with van der Waals surface area (Å²) in [4.78, 5) is 26.7. The lowest BCUT2D eigenvalue weighted by Crippen LogP contribution is -2.50. The number of carbonyl (C=O) groups is 2. The summed E-state index contributed by atoms with van der Waals surface area (Å²) in [5.74, 6) is -0.553. The lowest BCUT2D eigenvalue weighted by Gasteiger charge is -2.39. The van der Waals surface area contributed by atoms with Gasteiger partial charge in [0, 0.05) is 5.92 Å². The lowest BCUT2D eigenvalue weighted by molar-refractivity contribution is -0.136. The molecule has 1 amide bonds. The maximum atomic E-state index is 12.8. The summed E-state index contributed by atoms with van der Waals surface area (Å²) in [6, 6.07) is 9.19. The smallest absolute Gasteiger partial charge is 0.411 e. The number of benzene rings is 1. The lowest BCUT2D eigenvalue weighted by atomic mass is 9.86. The van der Waals surface area contributed by atoms with Gasteiger partial charge in [-0.25, -0.2) is 9.59 Å². The molecular formula is C20H23NO4. The first-order chi connectivity index (χ1) is 11.8. The van der Waals surface area contributed by atoms with Crippen molar-refractivity contribution in [3.8, 4) is 0 Å². The van der Waals surface area contributed by atoms with Crippen LogP contribution in [-0.4, -0.2) is 41.8 Å². The summed E-state index contributed by atoms with van der Waals surface area (Å²) in [5, 5.41) is 0. The summed E-state index contributed by atoms with van der Waals surface area (Å²) in [6.07, 6.45) is 5.33. The summed E-state index contributed by atoms with van der Waals surface area (Å²) < 4.78 is 10.5. The molecule has 0 aliphatic carbocycles. The van der Waals surface area contributed by atoms with Crippen molar-refractivity contribution in [3.63, 3.8) is 0 Å². The number of amides is 1. The Labute approximate surface area is 147 Å². The highest BCUT2D eigenvalue weighted by Gasteiger charge is 2.46. The molecule has 3 unspecified atom stereocenters. The third kappa shape index (κ3) is 3.31. The van der Waals surface area contributed by atoms with Gasteiger partial charge in [-0.1, -0.05) is 48.6 Å². The highest BCUT2D eigenvalue weighted by atomic mass is 16.6. The van der Waals surface area contributed by atoms with Gasteiger partial charge >= 0.3 is 12.1 Å². The average molecular weight is 341 g/mol. The van der Waals surface area contributed by atoms with E-state index in [9.17, 15) is 9.59 Å². The number of hydrogen-bond donors (Lipinski definition) is 0. The first-order valence-corrected chi connectivity index (χ1v) is 8.36. The largest absolute Gasteiger partial charge is 0.466 e. The van der Waals surface area contributed by atoms with Crippen LogP contribution in [0.25, 0.3) is 0 Å². The summed E-state index contributed by atoms with van der Waals surface area (Å²) >= 11 is 0. The molecule has 3 atom stereocenters. The number of carbonyl (C=O) groups excluding carboxylic acids is 2. The molecule has 0 spiro atoms. The molecule has 2 bridgehead atoms. The fourth-order valence-electron chi connectivity index (χ4n) is 3.35. The van der Waals surface area contributed by atoms with E-state index in [1.165, 1.54) is 7.11 Å². The second kappa shape index (κ2) is 6.39. The Hall–Kier alpha value is -2.56. The molecule has 1 aromatic carbocycles. The van der Waals surface area contributed by atoms with Gasteiger partial charge in [0.15, 0.2) is 0 Å². The fraction of sp³-hybridized carbons (Fsp3) is 0.400. The van der Waals surface area contributed by atoms with Crippen LogP contribution >= 0.6 is 0 Å². The molecule has 0 aromatic heterocycles. The Morgan fingerprint density at radius 3 is 2.36 bits per heavy atom. The maximum absolute atomic E-state index is 12.8. The van der Waals surface area contributed by atoms with Crippen molar-refractivity contribution in [2.24, 2.45) is 0 Å². The predicted octanol–water partition coefficient (Wildman–Crippen LogP) is 3.43. The number of nitrogens with zero attached hydrogens (tertiary/aromatic N) is 1. The first-order valence-electron chi connectivity index (χ1n) is 8.36. The first kappa shape index (κ1) is 17.3. The van der Waals surface area contributed by atoms with Gasteiger partial charge in [-0.3, -0.25) is 4.90 Å². The molecule has 0 fully saturated rings. The van der Waals surface area contributed by atoms with Crippen LogP contribution in [0.1, 0.15) is 32.3 Å². The molecule has 2 aliphatic rings. The Morgan fingerprint density at radius 1 is 1.08 bits per heavy atom. The van der Waals surface area contributed by atoms with Crippen molar-refractivity contribution >= 4 is 12.1 Å². The highest BCUT2D eigenvalue weighted by Crippen LogP contribution is 2.40. The van der Waals surface area contributed by atoms with Crippen LogP contribution in [0.5, 0.6) is 0 Å². The second-order valence-corrected chi connectivity index (χ2v) is 7.26. The molecule has 5 nitrogen and oxygen atoms in total. The van der Waals surface area contributed by atoms with Gasteiger partial charge in [0.25, 0.3) is 0 Å². The van der Waals surface area contributed by atoms with Crippen molar-refractivity contribution in [1.29, 1.82) is 0 Å². The monoisotopic (exact) mass is 341 g/mol. The van der Waals surface area contributed by atoms with Crippen LogP contribution in [0.2, 0.25) is 0 Å².